The summed E-state index contributed by atoms with van der Waals surface area (Å²) in [5.41, 5.74) is 0.235. The largest absolute Gasteiger partial charge is 0.462 e. The van der Waals surface area contributed by atoms with Crippen LogP contribution in [0.3, 0.4) is 0 Å². The fraction of sp³-hybridized carbons (Fsp3) is 0.826. The molecule has 0 saturated heterocycles. The van der Waals surface area contributed by atoms with Crippen LogP contribution >= 0.6 is 0 Å². The third kappa shape index (κ3) is 2.58. The van der Waals surface area contributed by atoms with E-state index < -0.39 is 5.60 Å². The summed E-state index contributed by atoms with van der Waals surface area (Å²) in [6.45, 7) is 7.64. The number of Topliss-reactive ketones (excluding diaryl/α,β-unsaturated/α-hetero) is 1. The van der Waals surface area contributed by atoms with Crippen molar-refractivity contribution in [1.82, 2.24) is 0 Å². The zero-order valence-electron chi connectivity index (χ0n) is 17.2. The van der Waals surface area contributed by atoms with Crippen molar-refractivity contribution in [2.75, 3.05) is 0 Å². The van der Waals surface area contributed by atoms with E-state index in [1.807, 2.05) is 0 Å². The summed E-state index contributed by atoms with van der Waals surface area (Å²) in [4.78, 5) is 23.7. The van der Waals surface area contributed by atoms with Crippen LogP contribution in [0, 0.1) is 28.6 Å². The van der Waals surface area contributed by atoms with Gasteiger partial charge >= 0.3 is 5.97 Å². The van der Waals surface area contributed by atoms with Crippen molar-refractivity contribution >= 4 is 11.8 Å². The molecule has 7 atom stereocenters. The molecule has 0 bridgehead atoms. The van der Waals surface area contributed by atoms with Gasteiger partial charge < -0.3 is 9.84 Å². The van der Waals surface area contributed by atoms with Crippen LogP contribution in [0.5, 0.6) is 0 Å². The molecule has 0 aliphatic heterocycles. The number of carbonyl (C=O) groups excluding carboxylic acids is 2. The highest BCUT2D eigenvalue weighted by molar-refractivity contribution is 5.86. The van der Waals surface area contributed by atoms with E-state index in [1.54, 1.807) is 6.92 Å². The van der Waals surface area contributed by atoms with E-state index in [9.17, 15) is 14.7 Å². The predicted octanol–water partition coefficient (Wildman–Crippen LogP) is 4.20. The molecule has 0 aromatic rings. The lowest BCUT2D eigenvalue weighted by atomic mass is 9.47. The number of hydrogen-bond acceptors (Lipinski definition) is 4. The summed E-state index contributed by atoms with van der Waals surface area (Å²) >= 11 is 0. The first-order valence-electron chi connectivity index (χ1n) is 10.7. The summed E-state index contributed by atoms with van der Waals surface area (Å²) in [7, 11) is 0. The standard InChI is InChI=1S/C23H34O4/c1-14(24)23(26)12-9-20-18-6-5-16-13-17(27-15(2)25)7-10-21(16,3)19(18)8-11-22(20,23)4/h5,17-20,26H,6-13H2,1-4H3. The Bertz CT molecular complexity index is 696. The molecule has 150 valence electrons. The van der Waals surface area contributed by atoms with Gasteiger partial charge in [-0.25, -0.2) is 0 Å². The van der Waals surface area contributed by atoms with Gasteiger partial charge in [-0.15, -0.1) is 0 Å². The summed E-state index contributed by atoms with van der Waals surface area (Å²) in [5, 5.41) is 11.2. The third-order valence-electron chi connectivity index (χ3n) is 9.13. The third-order valence-corrected chi connectivity index (χ3v) is 9.13. The van der Waals surface area contributed by atoms with Crippen LogP contribution in [0.1, 0.15) is 79.1 Å². The molecule has 0 amide bonds. The second-order valence-corrected chi connectivity index (χ2v) is 10.1. The Morgan fingerprint density at radius 2 is 1.78 bits per heavy atom. The summed E-state index contributed by atoms with van der Waals surface area (Å²) < 4.78 is 5.51. The average Bonchev–Trinajstić information content (AvgIpc) is 2.87. The van der Waals surface area contributed by atoms with E-state index in [1.165, 1.54) is 12.5 Å². The highest BCUT2D eigenvalue weighted by Crippen LogP contribution is 2.67. The van der Waals surface area contributed by atoms with Crippen molar-refractivity contribution in [3.8, 4) is 0 Å². The van der Waals surface area contributed by atoms with Gasteiger partial charge in [0.1, 0.15) is 11.7 Å². The SMILES string of the molecule is CC(=O)OC1CCC2(C)C(=CCC3C2CCC2(C)C3CCC2(O)C(C)=O)C1. The van der Waals surface area contributed by atoms with E-state index in [-0.39, 0.29) is 28.7 Å². The van der Waals surface area contributed by atoms with Crippen LogP contribution in [-0.2, 0) is 14.3 Å². The van der Waals surface area contributed by atoms with Gasteiger partial charge in [0.25, 0.3) is 0 Å². The Labute approximate surface area is 162 Å². The maximum atomic E-state index is 12.3. The van der Waals surface area contributed by atoms with E-state index in [2.05, 4.69) is 19.9 Å². The van der Waals surface area contributed by atoms with E-state index in [0.717, 1.165) is 44.9 Å². The first kappa shape index (κ1) is 19.2. The molecule has 3 fully saturated rings. The molecule has 0 aromatic heterocycles. The quantitative estimate of drug-likeness (QED) is 0.581. The summed E-state index contributed by atoms with van der Waals surface area (Å²) in [6.07, 6.45) is 9.96. The minimum atomic E-state index is -1.14. The van der Waals surface area contributed by atoms with Gasteiger partial charge in [0.15, 0.2) is 5.78 Å². The van der Waals surface area contributed by atoms with E-state index >= 15 is 0 Å². The zero-order valence-corrected chi connectivity index (χ0v) is 17.2. The van der Waals surface area contributed by atoms with Gasteiger partial charge in [-0.1, -0.05) is 25.5 Å². The smallest absolute Gasteiger partial charge is 0.302 e. The van der Waals surface area contributed by atoms with Crippen LogP contribution in [0.4, 0.5) is 0 Å². The Morgan fingerprint density at radius 3 is 2.44 bits per heavy atom. The number of allylic oxidation sites excluding steroid dienone is 1. The molecule has 0 aromatic carbocycles. The van der Waals surface area contributed by atoms with Crippen molar-refractivity contribution in [3.63, 3.8) is 0 Å². The van der Waals surface area contributed by atoms with Gasteiger partial charge in [0.05, 0.1) is 0 Å². The van der Waals surface area contributed by atoms with Crippen molar-refractivity contribution in [2.45, 2.75) is 90.8 Å². The number of carbonyl (C=O) groups is 2. The molecule has 7 unspecified atom stereocenters. The van der Waals surface area contributed by atoms with Crippen molar-refractivity contribution in [3.05, 3.63) is 11.6 Å². The molecule has 0 spiro atoms. The van der Waals surface area contributed by atoms with E-state index in [0.29, 0.717) is 24.2 Å². The molecule has 4 rings (SSSR count). The lowest BCUT2D eigenvalue weighted by Crippen LogP contribution is -2.57. The van der Waals surface area contributed by atoms with Gasteiger partial charge in [0, 0.05) is 18.8 Å². The molecule has 4 aliphatic rings. The fourth-order valence-electron chi connectivity index (χ4n) is 7.56. The maximum Gasteiger partial charge on any atom is 0.302 e. The van der Waals surface area contributed by atoms with Crippen LogP contribution in [0.25, 0.3) is 0 Å². The van der Waals surface area contributed by atoms with Crippen molar-refractivity contribution in [1.29, 1.82) is 0 Å². The molecule has 4 heteroatoms. The number of rotatable bonds is 2. The molecule has 3 saturated carbocycles. The number of hydrogen-bond donors (Lipinski definition) is 1. The molecule has 0 heterocycles. The maximum absolute atomic E-state index is 12.3. The highest BCUT2D eigenvalue weighted by atomic mass is 16.5. The van der Waals surface area contributed by atoms with Gasteiger partial charge in [0.2, 0.25) is 0 Å². The number of esters is 1. The number of ether oxygens (including phenoxy) is 1. The van der Waals surface area contributed by atoms with Crippen LogP contribution < -0.4 is 0 Å². The summed E-state index contributed by atoms with van der Waals surface area (Å²) in [5.74, 6) is 1.36. The minimum absolute atomic E-state index is 0.0292. The highest BCUT2D eigenvalue weighted by Gasteiger charge is 2.65. The van der Waals surface area contributed by atoms with Crippen molar-refractivity contribution < 1.29 is 19.4 Å². The topological polar surface area (TPSA) is 63.6 Å². The number of ketones is 1. The van der Waals surface area contributed by atoms with Crippen LogP contribution in [-0.4, -0.2) is 28.6 Å². The first-order chi connectivity index (χ1) is 12.6. The Kier molecular flexibility index (Phi) is 4.38. The minimum Gasteiger partial charge on any atom is -0.462 e. The summed E-state index contributed by atoms with van der Waals surface area (Å²) in [6, 6.07) is 0. The normalized spacial score (nSPS) is 48.7. The van der Waals surface area contributed by atoms with Crippen LogP contribution in [0.2, 0.25) is 0 Å². The molecule has 1 N–H and O–H groups in total. The Balaban J connectivity index is 1.61. The van der Waals surface area contributed by atoms with Gasteiger partial charge in [-0.05, 0) is 75.0 Å². The van der Waals surface area contributed by atoms with E-state index in [4.69, 9.17) is 4.74 Å². The average molecular weight is 375 g/mol. The number of aliphatic hydroxyl groups is 1. The second kappa shape index (κ2) is 6.17. The fourth-order valence-corrected chi connectivity index (χ4v) is 7.56. The predicted molar refractivity (Wildman–Crippen MR) is 103 cm³/mol. The Hall–Kier alpha value is -1.16. The van der Waals surface area contributed by atoms with Crippen LogP contribution in [0.15, 0.2) is 11.6 Å². The molecule has 27 heavy (non-hydrogen) atoms. The van der Waals surface area contributed by atoms with Crippen molar-refractivity contribution in [2.24, 2.45) is 28.6 Å². The monoisotopic (exact) mass is 374 g/mol. The molecular formula is C23H34O4. The first-order valence-corrected chi connectivity index (χ1v) is 10.7. The number of fused-ring (bicyclic) bond motifs is 5. The lowest BCUT2D eigenvalue weighted by Gasteiger charge is -2.58. The zero-order chi connectivity index (χ0) is 19.6. The van der Waals surface area contributed by atoms with Gasteiger partial charge in [-0.2, -0.15) is 0 Å². The van der Waals surface area contributed by atoms with Gasteiger partial charge in [-0.3, -0.25) is 9.59 Å². The second-order valence-electron chi connectivity index (χ2n) is 10.1. The molecular weight excluding hydrogens is 340 g/mol. The molecule has 4 aliphatic carbocycles. The molecule has 4 nitrogen and oxygen atoms in total. The Morgan fingerprint density at radius 1 is 1.07 bits per heavy atom. The molecule has 0 radical (unpaired) electrons. The lowest BCUT2D eigenvalue weighted by molar-refractivity contribution is -0.160.